The molecule has 1 fully saturated rings. The lowest BCUT2D eigenvalue weighted by Crippen LogP contribution is -2.40. The van der Waals surface area contributed by atoms with Crippen molar-refractivity contribution in [3.8, 4) is 11.5 Å². The van der Waals surface area contributed by atoms with Crippen molar-refractivity contribution in [2.45, 2.75) is 32.4 Å². The Bertz CT molecular complexity index is 809. The van der Waals surface area contributed by atoms with Gasteiger partial charge in [0.2, 0.25) is 0 Å². The van der Waals surface area contributed by atoms with E-state index in [1.807, 2.05) is 19.1 Å². The van der Waals surface area contributed by atoms with Gasteiger partial charge in [0.25, 0.3) is 5.91 Å². The van der Waals surface area contributed by atoms with Gasteiger partial charge in [0.15, 0.2) is 11.5 Å². The van der Waals surface area contributed by atoms with Crippen LogP contribution in [0.4, 0.5) is 0 Å². The zero-order chi connectivity index (χ0) is 19.2. The highest BCUT2D eigenvalue weighted by atomic mass is 16.5. The number of carboxylic acid groups (broad SMARTS) is 1. The van der Waals surface area contributed by atoms with Gasteiger partial charge in [-0.15, -0.1) is 0 Å². The van der Waals surface area contributed by atoms with E-state index in [4.69, 9.17) is 9.47 Å². The Hall–Kier alpha value is -3.09. The number of nitrogens with zero attached hydrogens (tertiary/aromatic N) is 2. The van der Waals surface area contributed by atoms with Crippen LogP contribution < -0.4 is 9.47 Å². The highest BCUT2D eigenvalue weighted by Gasteiger charge is 2.34. The Morgan fingerprint density at radius 3 is 2.67 bits per heavy atom. The molecule has 1 aromatic carbocycles. The number of benzene rings is 1. The van der Waals surface area contributed by atoms with Gasteiger partial charge < -0.3 is 19.5 Å². The molecule has 2 aromatic rings. The van der Waals surface area contributed by atoms with Crippen molar-refractivity contribution < 1.29 is 24.2 Å². The van der Waals surface area contributed by atoms with E-state index in [0.717, 1.165) is 5.56 Å². The molecule has 1 N–H and O–H groups in total. The molecule has 1 aliphatic heterocycles. The van der Waals surface area contributed by atoms with Crippen molar-refractivity contribution in [1.29, 1.82) is 0 Å². The molecular formula is C20H22N2O5. The number of carboxylic acids is 1. The fourth-order valence-corrected chi connectivity index (χ4v) is 3.10. The van der Waals surface area contributed by atoms with Crippen LogP contribution in [-0.4, -0.2) is 46.1 Å². The molecule has 7 nitrogen and oxygen atoms in total. The number of hydrogen-bond acceptors (Lipinski definition) is 5. The summed E-state index contributed by atoms with van der Waals surface area (Å²) >= 11 is 0. The second-order valence-corrected chi connectivity index (χ2v) is 6.23. The van der Waals surface area contributed by atoms with E-state index in [9.17, 15) is 14.7 Å². The third kappa shape index (κ3) is 4.36. The lowest BCUT2D eigenvalue weighted by atomic mass is 10.1. The maximum absolute atomic E-state index is 12.8. The third-order valence-corrected chi connectivity index (χ3v) is 4.43. The van der Waals surface area contributed by atoms with Crippen LogP contribution >= 0.6 is 0 Å². The van der Waals surface area contributed by atoms with Crippen LogP contribution in [0.15, 0.2) is 42.7 Å². The van der Waals surface area contributed by atoms with Gasteiger partial charge in [-0.1, -0.05) is 0 Å². The molecule has 7 heteroatoms. The molecule has 0 bridgehead atoms. The van der Waals surface area contributed by atoms with E-state index in [1.54, 1.807) is 30.6 Å². The SMILES string of the molecule is CCOc1cc(C(=O)N2CCCC2C(=O)O)ccc1OCc1ccncc1. The molecule has 0 radical (unpaired) electrons. The van der Waals surface area contributed by atoms with E-state index in [1.165, 1.54) is 4.90 Å². The molecule has 1 aromatic heterocycles. The number of carbonyl (C=O) groups excluding carboxylic acids is 1. The minimum atomic E-state index is -0.969. The maximum atomic E-state index is 12.8. The first-order valence-corrected chi connectivity index (χ1v) is 8.92. The van der Waals surface area contributed by atoms with Crippen LogP contribution in [0.1, 0.15) is 35.7 Å². The summed E-state index contributed by atoms with van der Waals surface area (Å²) in [5, 5.41) is 9.30. The first-order chi connectivity index (χ1) is 13.1. The van der Waals surface area contributed by atoms with Crippen LogP contribution in [0.3, 0.4) is 0 Å². The average Bonchev–Trinajstić information content (AvgIpc) is 3.17. The minimum Gasteiger partial charge on any atom is -0.490 e. The number of carbonyl (C=O) groups is 2. The number of aromatic nitrogens is 1. The van der Waals surface area contributed by atoms with Gasteiger partial charge in [-0.3, -0.25) is 9.78 Å². The predicted octanol–water partition coefficient (Wildman–Crippen LogP) is 2.75. The normalized spacial score (nSPS) is 16.2. The zero-order valence-corrected chi connectivity index (χ0v) is 15.1. The van der Waals surface area contributed by atoms with Crippen molar-refractivity contribution in [1.82, 2.24) is 9.88 Å². The number of likely N-dealkylation sites (tertiary alicyclic amines) is 1. The van der Waals surface area contributed by atoms with Crippen LogP contribution in [0.25, 0.3) is 0 Å². The Labute approximate surface area is 157 Å². The molecule has 0 spiro atoms. The van der Waals surface area contributed by atoms with E-state index in [2.05, 4.69) is 4.98 Å². The molecule has 1 amide bonds. The largest absolute Gasteiger partial charge is 0.490 e. The molecule has 1 aliphatic rings. The minimum absolute atomic E-state index is 0.304. The van der Waals surface area contributed by atoms with E-state index >= 15 is 0 Å². The molecule has 3 rings (SSSR count). The second-order valence-electron chi connectivity index (χ2n) is 6.23. The van der Waals surface area contributed by atoms with Gasteiger partial charge >= 0.3 is 5.97 Å². The quantitative estimate of drug-likeness (QED) is 0.806. The smallest absolute Gasteiger partial charge is 0.326 e. The molecule has 1 saturated heterocycles. The van der Waals surface area contributed by atoms with Gasteiger partial charge in [-0.05, 0) is 55.7 Å². The predicted molar refractivity (Wildman–Crippen MR) is 97.9 cm³/mol. The summed E-state index contributed by atoms with van der Waals surface area (Å²) in [5.74, 6) is -0.283. The first kappa shape index (κ1) is 18.7. The topological polar surface area (TPSA) is 89.0 Å². The van der Waals surface area contributed by atoms with Gasteiger partial charge in [-0.25, -0.2) is 4.79 Å². The van der Waals surface area contributed by atoms with Gasteiger partial charge in [0.05, 0.1) is 6.61 Å². The summed E-state index contributed by atoms with van der Waals surface area (Å²) in [7, 11) is 0. The lowest BCUT2D eigenvalue weighted by Gasteiger charge is -2.22. The van der Waals surface area contributed by atoms with E-state index < -0.39 is 12.0 Å². The highest BCUT2D eigenvalue weighted by Crippen LogP contribution is 2.31. The van der Waals surface area contributed by atoms with Crippen molar-refractivity contribution >= 4 is 11.9 Å². The monoisotopic (exact) mass is 370 g/mol. The van der Waals surface area contributed by atoms with Crippen LogP contribution in [0.2, 0.25) is 0 Å². The number of ether oxygens (including phenoxy) is 2. The summed E-state index contributed by atoms with van der Waals surface area (Å²) in [5.41, 5.74) is 1.36. The van der Waals surface area contributed by atoms with Crippen molar-refractivity contribution in [3.05, 3.63) is 53.9 Å². The molecule has 142 valence electrons. The Morgan fingerprint density at radius 2 is 1.96 bits per heavy atom. The molecule has 27 heavy (non-hydrogen) atoms. The Balaban J connectivity index is 1.78. The van der Waals surface area contributed by atoms with Crippen molar-refractivity contribution in [2.75, 3.05) is 13.2 Å². The number of rotatable bonds is 7. The average molecular weight is 370 g/mol. The number of amides is 1. The Morgan fingerprint density at radius 1 is 1.19 bits per heavy atom. The second kappa shape index (κ2) is 8.53. The summed E-state index contributed by atoms with van der Waals surface area (Å²) in [6, 6.07) is 7.89. The van der Waals surface area contributed by atoms with Crippen LogP contribution in [-0.2, 0) is 11.4 Å². The molecule has 0 aliphatic carbocycles. The van der Waals surface area contributed by atoms with Crippen LogP contribution in [0, 0.1) is 0 Å². The van der Waals surface area contributed by atoms with Gasteiger partial charge in [-0.2, -0.15) is 0 Å². The molecule has 1 atom stereocenters. The summed E-state index contributed by atoms with van der Waals surface area (Å²) < 4.78 is 11.5. The lowest BCUT2D eigenvalue weighted by molar-refractivity contribution is -0.141. The van der Waals surface area contributed by atoms with E-state index in [0.29, 0.717) is 49.7 Å². The van der Waals surface area contributed by atoms with Gasteiger partial charge in [0.1, 0.15) is 12.6 Å². The number of pyridine rings is 1. The van der Waals surface area contributed by atoms with Crippen LogP contribution in [0.5, 0.6) is 11.5 Å². The molecular weight excluding hydrogens is 348 g/mol. The summed E-state index contributed by atoms with van der Waals surface area (Å²) in [6.07, 6.45) is 4.55. The summed E-state index contributed by atoms with van der Waals surface area (Å²) in [6.45, 7) is 3.07. The molecule has 1 unspecified atom stereocenters. The number of aliphatic carboxylic acids is 1. The molecule has 2 heterocycles. The first-order valence-electron chi connectivity index (χ1n) is 8.92. The maximum Gasteiger partial charge on any atom is 0.326 e. The molecule has 0 saturated carbocycles. The van der Waals surface area contributed by atoms with Crippen molar-refractivity contribution in [2.24, 2.45) is 0 Å². The number of hydrogen-bond donors (Lipinski definition) is 1. The third-order valence-electron chi connectivity index (χ3n) is 4.43. The fourth-order valence-electron chi connectivity index (χ4n) is 3.10. The highest BCUT2D eigenvalue weighted by molar-refractivity contribution is 5.97. The zero-order valence-electron chi connectivity index (χ0n) is 15.1. The Kier molecular flexibility index (Phi) is 5.90. The standard InChI is InChI=1S/C20H22N2O5/c1-2-26-18-12-15(19(23)22-11-3-4-16(22)20(24)25)5-6-17(18)27-13-14-7-9-21-10-8-14/h5-10,12,16H,2-4,11,13H2,1H3,(H,24,25). The van der Waals surface area contributed by atoms with Crippen molar-refractivity contribution in [3.63, 3.8) is 0 Å². The summed E-state index contributed by atoms with van der Waals surface area (Å²) in [4.78, 5) is 29.5. The van der Waals surface area contributed by atoms with Gasteiger partial charge in [0, 0.05) is 24.5 Å². The van der Waals surface area contributed by atoms with E-state index in [-0.39, 0.29) is 5.91 Å². The fraction of sp³-hybridized carbons (Fsp3) is 0.350.